The van der Waals surface area contributed by atoms with E-state index in [1.54, 1.807) is 0 Å². The highest BCUT2D eigenvalue weighted by atomic mass is 32.2. The minimum atomic E-state index is -0.104. The van der Waals surface area contributed by atoms with E-state index < -0.39 is 0 Å². The van der Waals surface area contributed by atoms with Crippen molar-refractivity contribution in [3.63, 3.8) is 0 Å². The van der Waals surface area contributed by atoms with E-state index in [0.29, 0.717) is 5.95 Å². The minimum absolute atomic E-state index is 0.104. The van der Waals surface area contributed by atoms with Crippen LogP contribution in [0.15, 0.2) is 135 Å². The van der Waals surface area contributed by atoms with E-state index in [4.69, 9.17) is 9.97 Å². The highest BCUT2D eigenvalue weighted by Crippen LogP contribution is 2.56. The smallest absolute Gasteiger partial charge is 0.234 e. The van der Waals surface area contributed by atoms with Gasteiger partial charge in [0.05, 0.1) is 11.0 Å². The van der Waals surface area contributed by atoms with Crippen LogP contribution in [0.25, 0.3) is 50.0 Å². The number of fused-ring (bicyclic) bond motifs is 8. The average Bonchev–Trinajstić information content (AvgIpc) is 3.46. The van der Waals surface area contributed by atoms with Gasteiger partial charge >= 0.3 is 0 Å². The fourth-order valence-electron chi connectivity index (χ4n) is 6.65. The van der Waals surface area contributed by atoms with Crippen LogP contribution in [0.4, 0.5) is 0 Å². The van der Waals surface area contributed by atoms with Gasteiger partial charge in [0.25, 0.3) is 0 Å². The molecule has 0 saturated carbocycles. The normalized spacial score (nSPS) is 14.4. The van der Waals surface area contributed by atoms with Gasteiger partial charge in [-0.2, -0.15) is 0 Å². The lowest BCUT2D eigenvalue weighted by atomic mass is 9.82. The third-order valence-electron chi connectivity index (χ3n) is 8.77. The van der Waals surface area contributed by atoms with E-state index in [-0.39, 0.29) is 5.41 Å². The monoisotopic (exact) mass is 575 g/mol. The summed E-state index contributed by atoms with van der Waals surface area (Å²) in [5.41, 5.74) is 9.70. The fourth-order valence-corrected chi connectivity index (χ4v) is 8.92. The number of hydrogen-bond acceptors (Lipinski definition) is 4. The van der Waals surface area contributed by atoms with Gasteiger partial charge in [0.1, 0.15) is 0 Å². The predicted molar refractivity (Wildman–Crippen MR) is 174 cm³/mol. The number of rotatable bonds is 2. The first-order valence-corrected chi connectivity index (χ1v) is 15.8. The average molecular weight is 576 g/mol. The molecule has 3 nitrogen and oxygen atoms in total. The second kappa shape index (κ2) is 8.84. The number of nitrogens with zero attached hydrogens (tertiary/aromatic N) is 3. The standard InChI is InChI=1S/C37H25N3S2/c1-37(2)28-16-27-24-12-6-7-13-30(24)40(36-38-20-23(21-39-36)22-10-4-3-5-11-22)31(27)17-25(28)26-18-34-35(19-29(26)37)42-33-15-9-8-14-32(33)41-34/h3-21H,1-2H3. The highest BCUT2D eigenvalue weighted by molar-refractivity contribution is 8.05. The molecule has 0 spiro atoms. The molecule has 5 aromatic carbocycles. The summed E-state index contributed by atoms with van der Waals surface area (Å²) in [5, 5.41) is 2.46. The Morgan fingerprint density at radius 2 is 1.17 bits per heavy atom. The fraction of sp³-hybridized carbons (Fsp3) is 0.0811. The summed E-state index contributed by atoms with van der Waals surface area (Å²) in [7, 11) is 0. The Balaban J connectivity index is 1.25. The van der Waals surface area contributed by atoms with Crippen LogP contribution in [0.2, 0.25) is 0 Å². The quantitative estimate of drug-likeness (QED) is 0.205. The Kier molecular flexibility index (Phi) is 5.11. The zero-order valence-electron chi connectivity index (χ0n) is 23.1. The van der Waals surface area contributed by atoms with Crippen LogP contribution in [-0.2, 0) is 5.41 Å². The van der Waals surface area contributed by atoms with Gasteiger partial charge in [0, 0.05) is 53.7 Å². The summed E-state index contributed by atoms with van der Waals surface area (Å²) < 4.78 is 2.23. The first-order valence-electron chi connectivity index (χ1n) is 14.2. The first kappa shape index (κ1) is 24.3. The van der Waals surface area contributed by atoms with Crippen molar-refractivity contribution in [2.45, 2.75) is 38.8 Å². The Morgan fingerprint density at radius 1 is 0.548 bits per heavy atom. The van der Waals surface area contributed by atoms with Crippen molar-refractivity contribution in [3.8, 4) is 28.2 Å². The SMILES string of the molecule is CC1(C)c2cc3c(cc2-c2cc4c(cc21)c1ccccc1n4-c1ncc(-c2ccccc2)cn1)Sc1ccccc1S3. The number of aromatic nitrogens is 3. The van der Waals surface area contributed by atoms with Crippen molar-refractivity contribution >= 4 is 45.3 Å². The van der Waals surface area contributed by atoms with Crippen LogP contribution in [-0.4, -0.2) is 14.5 Å². The van der Waals surface area contributed by atoms with Crippen molar-refractivity contribution in [3.05, 3.63) is 127 Å². The summed E-state index contributed by atoms with van der Waals surface area (Å²) in [6, 6.07) is 37.3. The lowest BCUT2D eigenvalue weighted by Gasteiger charge is -2.24. The molecule has 0 atom stereocenters. The molecule has 2 aliphatic rings. The Morgan fingerprint density at radius 3 is 1.93 bits per heavy atom. The minimum Gasteiger partial charge on any atom is -0.278 e. The van der Waals surface area contributed by atoms with Crippen LogP contribution >= 0.6 is 23.5 Å². The van der Waals surface area contributed by atoms with Crippen LogP contribution in [0, 0.1) is 0 Å². The van der Waals surface area contributed by atoms with Gasteiger partial charge in [-0.15, -0.1) is 0 Å². The van der Waals surface area contributed by atoms with E-state index in [0.717, 1.165) is 22.2 Å². The van der Waals surface area contributed by atoms with Crippen molar-refractivity contribution in [2.75, 3.05) is 0 Å². The van der Waals surface area contributed by atoms with E-state index in [1.807, 2.05) is 54.1 Å². The van der Waals surface area contributed by atoms with Crippen LogP contribution in [0.1, 0.15) is 25.0 Å². The summed E-state index contributed by atoms with van der Waals surface area (Å²) in [4.78, 5) is 15.1. The van der Waals surface area contributed by atoms with Gasteiger partial charge in [-0.3, -0.25) is 4.57 Å². The summed E-state index contributed by atoms with van der Waals surface area (Å²) >= 11 is 3.78. The van der Waals surface area contributed by atoms with Crippen molar-refractivity contribution in [1.29, 1.82) is 0 Å². The third-order valence-corrected chi connectivity index (χ3v) is 11.3. The van der Waals surface area contributed by atoms with Gasteiger partial charge < -0.3 is 0 Å². The molecule has 0 unspecified atom stereocenters. The molecule has 1 aliphatic carbocycles. The lowest BCUT2D eigenvalue weighted by molar-refractivity contribution is 0.658. The van der Waals surface area contributed by atoms with Crippen molar-refractivity contribution in [1.82, 2.24) is 14.5 Å². The van der Waals surface area contributed by atoms with Gasteiger partial charge in [0.15, 0.2) is 0 Å². The molecule has 9 rings (SSSR count). The number of para-hydroxylation sites is 1. The Labute approximate surface area is 252 Å². The van der Waals surface area contributed by atoms with Crippen LogP contribution in [0.5, 0.6) is 0 Å². The van der Waals surface area contributed by atoms with Crippen LogP contribution in [0.3, 0.4) is 0 Å². The molecule has 0 fully saturated rings. The van der Waals surface area contributed by atoms with Gasteiger partial charge in [-0.05, 0) is 70.3 Å². The van der Waals surface area contributed by atoms with Gasteiger partial charge in [-0.1, -0.05) is 98.0 Å². The molecule has 42 heavy (non-hydrogen) atoms. The van der Waals surface area contributed by atoms with Crippen molar-refractivity contribution < 1.29 is 0 Å². The Bertz CT molecular complexity index is 2210. The summed E-state index contributed by atoms with van der Waals surface area (Å²) in [6.07, 6.45) is 3.87. The molecule has 0 bridgehead atoms. The lowest BCUT2D eigenvalue weighted by Crippen LogP contribution is -2.15. The number of hydrogen-bond donors (Lipinski definition) is 0. The Hall–Kier alpha value is -4.32. The van der Waals surface area contributed by atoms with Crippen LogP contribution < -0.4 is 0 Å². The molecule has 0 amide bonds. The molecule has 3 heterocycles. The first-order chi connectivity index (χ1) is 20.6. The molecular formula is C37H25N3S2. The molecular weight excluding hydrogens is 551 g/mol. The predicted octanol–water partition coefficient (Wildman–Crippen LogP) is 10.2. The molecule has 0 radical (unpaired) electrons. The van der Waals surface area contributed by atoms with E-state index >= 15 is 0 Å². The van der Waals surface area contributed by atoms with E-state index in [2.05, 4.69) is 103 Å². The van der Waals surface area contributed by atoms with Crippen molar-refractivity contribution in [2.24, 2.45) is 0 Å². The second-order valence-electron chi connectivity index (χ2n) is 11.5. The molecule has 7 aromatic rings. The van der Waals surface area contributed by atoms with E-state index in [9.17, 15) is 0 Å². The second-order valence-corrected chi connectivity index (χ2v) is 13.7. The molecule has 1 aliphatic heterocycles. The number of benzene rings is 5. The van der Waals surface area contributed by atoms with E-state index in [1.165, 1.54) is 52.6 Å². The maximum absolute atomic E-state index is 4.89. The zero-order valence-corrected chi connectivity index (χ0v) is 24.8. The maximum Gasteiger partial charge on any atom is 0.234 e. The molecule has 200 valence electrons. The summed E-state index contributed by atoms with van der Waals surface area (Å²) in [6.45, 7) is 4.74. The van der Waals surface area contributed by atoms with Gasteiger partial charge in [0.2, 0.25) is 5.95 Å². The molecule has 0 saturated heterocycles. The maximum atomic E-state index is 4.89. The van der Waals surface area contributed by atoms with Gasteiger partial charge in [-0.25, -0.2) is 9.97 Å². The topological polar surface area (TPSA) is 30.7 Å². The zero-order chi connectivity index (χ0) is 28.0. The molecule has 0 N–H and O–H groups in total. The highest BCUT2D eigenvalue weighted by Gasteiger charge is 2.38. The largest absolute Gasteiger partial charge is 0.278 e. The molecule has 5 heteroatoms. The summed E-state index contributed by atoms with van der Waals surface area (Å²) in [5.74, 6) is 0.687. The third kappa shape index (κ3) is 3.44. The molecule has 2 aromatic heterocycles.